The van der Waals surface area contributed by atoms with Crippen LogP contribution in [0.5, 0.6) is 0 Å². The molecule has 0 aliphatic carbocycles. The van der Waals surface area contributed by atoms with Gasteiger partial charge in [0.05, 0.1) is 11.9 Å². The number of benzene rings is 1. The van der Waals surface area contributed by atoms with Crippen molar-refractivity contribution in [3.05, 3.63) is 24.3 Å². The van der Waals surface area contributed by atoms with E-state index in [0.29, 0.717) is 11.4 Å². The first-order valence-corrected chi connectivity index (χ1v) is 11.1. The maximum atomic E-state index is 12.4. The minimum absolute atomic E-state index is 0.243. The molecule has 0 atom stereocenters. The summed E-state index contributed by atoms with van der Waals surface area (Å²) in [5.74, 6) is -0.379. The van der Waals surface area contributed by atoms with E-state index in [-0.39, 0.29) is 12.3 Å². The largest absolute Gasteiger partial charge is 0.399 e. The standard InChI is InChI=1S/C19H32N2O3S/c1-3-4-5-6-7-8-9-10-11-12-19(22)21(25(2,23)24)18-15-13-17(20)14-16-18/h13-16H,3-12,20H2,1-2H3. The SMILES string of the molecule is CCCCCCCCCCCC(=O)N(c1ccc(N)cc1)S(C)(=O)=O. The summed E-state index contributed by atoms with van der Waals surface area (Å²) >= 11 is 0. The molecule has 0 radical (unpaired) electrons. The molecule has 1 rings (SSSR count). The summed E-state index contributed by atoms with van der Waals surface area (Å²) in [6.45, 7) is 2.21. The lowest BCUT2D eigenvalue weighted by Gasteiger charge is -2.20. The minimum atomic E-state index is -3.65. The van der Waals surface area contributed by atoms with E-state index in [1.54, 1.807) is 24.3 Å². The molecule has 1 aromatic rings. The molecule has 0 aliphatic heterocycles. The second kappa shape index (κ2) is 11.1. The molecule has 0 heterocycles. The van der Waals surface area contributed by atoms with Gasteiger partial charge in [0.15, 0.2) is 0 Å². The molecule has 0 saturated heterocycles. The number of unbranched alkanes of at least 4 members (excludes halogenated alkanes) is 8. The van der Waals surface area contributed by atoms with Crippen LogP contribution in [0, 0.1) is 0 Å². The van der Waals surface area contributed by atoms with Crippen LogP contribution >= 0.6 is 0 Å². The van der Waals surface area contributed by atoms with Crippen molar-refractivity contribution >= 4 is 27.3 Å². The first-order valence-electron chi connectivity index (χ1n) is 9.25. The minimum Gasteiger partial charge on any atom is -0.399 e. The maximum Gasteiger partial charge on any atom is 0.240 e. The zero-order chi connectivity index (χ0) is 18.7. The molecule has 0 saturated carbocycles. The molecule has 0 fully saturated rings. The van der Waals surface area contributed by atoms with Crippen molar-refractivity contribution < 1.29 is 13.2 Å². The van der Waals surface area contributed by atoms with Gasteiger partial charge in [-0.25, -0.2) is 12.7 Å². The van der Waals surface area contributed by atoms with Gasteiger partial charge in [0.25, 0.3) is 0 Å². The summed E-state index contributed by atoms with van der Waals surface area (Å²) in [4.78, 5) is 12.4. The molecule has 0 aromatic heterocycles. The van der Waals surface area contributed by atoms with Gasteiger partial charge in [0.2, 0.25) is 15.9 Å². The Hall–Kier alpha value is -1.56. The van der Waals surface area contributed by atoms with Crippen LogP contribution < -0.4 is 10.0 Å². The van der Waals surface area contributed by atoms with Gasteiger partial charge in [0.1, 0.15) is 0 Å². The van der Waals surface area contributed by atoms with Crippen LogP contribution in [-0.4, -0.2) is 20.6 Å². The van der Waals surface area contributed by atoms with Gasteiger partial charge in [-0.2, -0.15) is 0 Å². The molecular weight excluding hydrogens is 336 g/mol. The smallest absolute Gasteiger partial charge is 0.240 e. The van der Waals surface area contributed by atoms with Crippen molar-refractivity contribution in [2.75, 3.05) is 16.3 Å². The Morgan fingerprint density at radius 1 is 0.920 bits per heavy atom. The molecule has 142 valence electrons. The molecule has 1 aromatic carbocycles. The highest BCUT2D eigenvalue weighted by Crippen LogP contribution is 2.21. The zero-order valence-corrected chi connectivity index (χ0v) is 16.4. The molecule has 6 heteroatoms. The molecular formula is C19H32N2O3S. The Labute approximate surface area is 152 Å². The van der Waals surface area contributed by atoms with E-state index in [2.05, 4.69) is 6.92 Å². The first-order chi connectivity index (χ1) is 11.9. The summed E-state index contributed by atoms with van der Waals surface area (Å²) in [5, 5.41) is 0. The predicted octanol–water partition coefficient (Wildman–Crippen LogP) is 4.48. The second-order valence-electron chi connectivity index (χ2n) is 6.59. The molecule has 0 spiro atoms. The number of rotatable bonds is 12. The van der Waals surface area contributed by atoms with Gasteiger partial charge < -0.3 is 5.73 Å². The van der Waals surface area contributed by atoms with E-state index in [4.69, 9.17) is 5.73 Å². The second-order valence-corrected chi connectivity index (χ2v) is 8.42. The molecule has 0 unspecified atom stereocenters. The van der Waals surface area contributed by atoms with E-state index < -0.39 is 10.0 Å². The van der Waals surface area contributed by atoms with Gasteiger partial charge in [-0.05, 0) is 30.7 Å². The molecule has 1 amide bonds. The topological polar surface area (TPSA) is 80.5 Å². The van der Waals surface area contributed by atoms with Crippen LogP contribution in [0.2, 0.25) is 0 Å². The lowest BCUT2D eigenvalue weighted by Crippen LogP contribution is -2.36. The fraction of sp³-hybridized carbons (Fsp3) is 0.632. The number of carbonyl (C=O) groups excluding carboxylic acids is 1. The van der Waals surface area contributed by atoms with Crippen LogP contribution in [-0.2, 0) is 14.8 Å². The Morgan fingerprint density at radius 2 is 1.40 bits per heavy atom. The Kier molecular flexibility index (Phi) is 9.57. The number of anilines is 2. The van der Waals surface area contributed by atoms with Crippen molar-refractivity contribution in [3.63, 3.8) is 0 Å². The number of amides is 1. The van der Waals surface area contributed by atoms with E-state index in [1.165, 1.54) is 38.5 Å². The molecule has 25 heavy (non-hydrogen) atoms. The third-order valence-corrected chi connectivity index (χ3v) is 5.26. The molecule has 0 aliphatic rings. The number of sulfonamides is 1. The van der Waals surface area contributed by atoms with Crippen molar-refractivity contribution in [3.8, 4) is 0 Å². The maximum absolute atomic E-state index is 12.4. The molecule has 0 bridgehead atoms. The number of carbonyl (C=O) groups is 1. The fourth-order valence-corrected chi connectivity index (χ4v) is 3.78. The van der Waals surface area contributed by atoms with Gasteiger partial charge in [0, 0.05) is 12.1 Å². The highest BCUT2D eigenvalue weighted by Gasteiger charge is 2.24. The Morgan fingerprint density at radius 3 is 1.88 bits per heavy atom. The monoisotopic (exact) mass is 368 g/mol. The van der Waals surface area contributed by atoms with Crippen LogP contribution in [0.3, 0.4) is 0 Å². The van der Waals surface area contributed by atoms with E-state index >= 15 is 0 Å². The zero-order valence-electron chi connectivity index (χ0n) is 15.5. The Bertz CT molecular complexity index is 612. The van der Waals surface area contributed by atoms with Crippen molar-refractivity contribution in [2.45, 2.75) is 71.1 Å². The highest BCUT2D eigenvalue weighted by atomic mass is 32.2. The van der Waals surface area contributed by atoms with Gasteiger partial charge in [-0.3, -0.25) is 4.79 Å². The average molecular weight is 369 g/mol. The van der Waals surface area contributed by atoms with Crippen LogP contribution in [0.1, 0.15) is 71.1 Å². The van der Waals surface area contributed by atoms with Gasteiger partial charge in [-0.1, -0.05) is 58.3 Å². The summed E-state index contributed by atoms with van der Waals surface area (Å²) in [7, 11) is -3.65. The normalized spacial score (nSPS) is 11.4. The number of hydrogen-bond acceptors (Lipinski definition) is 4. The summed E-state index contributed by atoms with van der Waals surface area (Å²) in [6.07, 6.45) is 11.7. The number of hydrogen-bond donors (Lipinski definition) is 1. The van der Waals surface area contributed by atoms with Crippen LogP contribution in [0.25, 0.3) is 0 Å². The predicted molar refractivity (Wildman–Crippen MR) is 105 cm³/mol. The van der Waals surface area contributed by atoms with Crippen molar-refractivity contribution in [1.82, 2.24) is 0 Å². The summed E-state index contributed by atoms with van der Waals surface area (Å²) < 4.78 is 24.9. The molecule has 2 N–H and O–H groups in total. The van der Waals surface area contributed by atoms with Gasteiger partial charge in [-0.15, -0.1) is 0 Å². The first kappa shape index (κ1) is 21.5. The quantitative estimate of drug-likeness (QED) is 0.435. The van der Waals surface area contributed by atoms with E-state index in [9.17, 15) is 13.2 Å². The average Bonchev–Trinajstić information content (AvgIpc) is 2.54. The third-order valence-electron chi connectivity index (χ3n) is 4.18. The number of nitrogens with zero attached hydrogens (tertiary/aromatic N) is 1. The van der Waals surface area contributed by atoms with E-state index in [1.807, 2.05) is 0 Å². The van der Waals surface area contributed by atoms with E-state index in [0.717, 1.165) is 29.8 Å². The number of nitrogen functional groups attached to an aromatic ring is 1. The van der Waals surface area contributed by atoms with Crippen molar-refractivity contribution in [1.29, 1.82) is 0 Å². The lowest BCUT2D eigenvalue weighted by molar-refractivity contribution is -0.117. The number of nitrogens with two attached hydrogens (primary N) is 1. The Balaban J connectivity index is 2.41. The van der Waals surface area contributed by atoms with Crippen molar-refractivity contribution in [2.24, 2.45) is 0 Å². The van der Waals surface area contributed by atoms with Crippen LogP contribution in [0.4, 0.5) is 11.4 Å². The summed E-state index contributed by atoms with van der Waals surface area (Å²) in [6, 6.07) is 6.31. The third kappa shape index (κ3) is 8.38. The van der Waals surface area contributed by atoms with Crippen LogP contribution in [0.15, 0.2) is 24.3 Å². The van der Waals surface area contributed by atoms with Gasteiger partial charge >= 0.3 is 0 Å². The lowest BCUT2D eigenvalue weighted by atomic mass is 10.1. The molecule has 5 nitrogen and oxygen atoms in total. The highest BCUT2D eigenvalue weighted by molar-refractivity contribution is 7.92. The summed E-state index contributed by atoms with van der Waals surface area (Å²) in [5.41, 5.74) is 6.50. The fourth-order valence-electron chi connectivity index (χ4n) is 2.82.